The minimum absolute atomic E-state index is 0.149. The van der Waals surface area contributed by atoms with Gasteiger partial charge in [0, 0.05) is 6.04 Å². The van der Waals surface area contributed by atoms with Crippen molar-refractivity contribution in [3.05, 3.63) is 29.6 Å². The van der Waals surface area contributed by atoms with Crippen LogP contribution in [0.4, 0.5) is 18.9 Å². The maximum atomic E-state index is 13.5. The Labute approximate surface area is 120 Å². The second-order valence-corrected chi connectivity index (χ2v) is 6.01. The molecule has 0 spiro atoms. The standard InChI is InChI=1S/C14H15F3N2S/c15-9-3-4-10(13(17)12(9)16)18-14(20)19-11-6-7-1-2-8(11)5-7/h3-4,7-8,11H,1-2,5-6H2,(H2,18,19,20)/t7-,8-,11+/m1/s1. The van der Waals surface area contributed by atoms with Crippen LogP contribution in [0.25, 0.3) is 0 Å². The number of anilines is 1. The number of hydrogen-bond acceptors (Lipinski definition) is 1. The number of fused-ring (bicyclic) bond motifs is 2. The number of thiocarbonyl (C=S) groups is 1. The van der Waals surface area contributed by atoms with Gasteiger partial charge in [0.1, 0.15) is 0 Å². The van der Waals surface area contributed by atoms with Crippen LogP contribution in [0.5, 0.6) is 0 Å². The van der Waals surface area contributed by atoms with Gasteiger partial charge in [0.05, 0.1) is 5.69 Å². The van der Waals surface area contributed by atoms with Crippen molar-refractivity contribution < 1.29 is 13.2 Å². The summed E-state index contributed by atoms with van der Waals surface area (Å²) in [7, 11) is 0. The third-order valence-corrected chi connectivity index (χ3v) is 4.56. The molecule has 2 aliphatic carbocycles. The van der Waals surface area contributed by atoms with E-state index in [-0.39, 0.29) is 10.8 Å². The van der Waals surface area contributed by atoms with E-state index in [4.69, 9.17) is 12.2 Å². The van der Waals surface area contributed by atoms with Gasteiger partial charge in [-0.15, -0.1) is 0 Å². The van der Waals surface area contributed by atoms with E-state index in [1.54, 1.807) is 0 Å². The van der Waals surface area contributed by atoms with Crippen LogP contribution in [-0.4, -0.2) is 11.2 Å². The molecule has 0 aromatic heterocycles. The number of hydrogen-bond donors (Lipinski definition) is 2. The molecule has 2 saturated carbocycles. The van der Waals surface area contributed by atoms with E-state index in [2.05, 4.69) is 10.6 Å². The third kappa shape index (κ3) is 2.49. The quantitative estimate of drug-likeness (QED) is 0.645. The normalized spacial score (nSPS) is 27.6. The summed E-state index contributed by atoms with van der Waals surface area (Å²) in [5.41, 5.74) is -0.149. The van der Waals surface area contributed by atoms with Crippen LogP contribution in [-0.2, 0) is 0 Å². The van der Waals surface area contributed by atoms with E-state index < -0.39 is 17.5 Å². The topological polar surface area (TPSA) is 24.1 Å². The van der Waals surface area contributed by atoms with E-state index >= 15 is 0 Å². The van der Waals surface area contributed by atoms with Crippen LogP contribution in [0.1, 0.15) is 25.7 Å². The van der Waals surface area contributed by atoms with Gasteiger partial charge in [-0.1, -0.05) is 6.42 Å². The van der Waals surface area contributed by atoms with Gasteiger partial charge >= 0.3 is 0 Å². The SMILES string of the molecule is Fc1ccc(NC(=S)N[C@H]2C[C@@H]3CC[C@@H]2C3)c(F)c1F. The molecule has 2 nitrogen and oxygen atoms in total. The van der Waals surface area contributed by atoms with Gasteiger partial charge in [0.25, 0.3) is 0 Å². The average Bonchev–Trinajstić information content (AvgIpc) is 3.02. The monoisotopic (exact) mass is 300 g/mol. The summed E-state index contributed by atoms with van der Waals surface area (Å²) in [5, 5.41) is 6.02. The first-order chi connectivity index (χ1) is 9.54. The summed E-state index contributed by atoms with van der Waals surface area (Å²) in [6.45, 7) is 0. The van der Waals surface area contributed by atoms with Gasteiger partial charge < -0.3 is 10.6 Å². The Morgan fingerprint density at radius 1 is 1.10 bits per heavy atom. The summed E-state index contributed by atoms with van der Waals surface area (Å²) in [4.78, 5) is 0. The molecular weight excluding hydrogens is 285 g/mol. The Morgan fingerprint density at radius 2 is 1.90 bits per heavy atom. The van der Waals surface area contributed by atoms with Crippen molar-refractivity contribution in [3.8, 4) is 0 Å². The van der Waals surface area contributed by atoms with E-state index in [9.17, 15) is 13.2 Å². The Morgan fingerprint density at radius 3 is 2.55 bits per heavy atom. The molecule has 1 aromatic carbocycles. The van der Waals surface area contributed by atoms with Crippen molar-refractivity contribution in [1.29, 1.82) is 0 Å². The average molecular weight is 300 g/mol. The molecule has 20 heavy (non-hydrogen) atoms. The Hall–Kier alpha value is -1.30. The summed E-state index contributed by atoms with van der Waals surface area (Å²) in [5.74, 6) is -2.56. The molecule has 1 aromatic rings. The molecule has 0 saturated heterocycles. The first-order valence-corrected chi connectivity index (χ1v) is 7.16. The molecule has 0 unspecified atom stereocenters. The largest absolute Gasteiger partial charge is 0.359 e. The molecule has 108 valence electrons. The molecule has 0 amide bonds. The zero-order valence-corrected chi connectivity index (χ0v) is 11.6. The van der Waals surface area contributed by atoms with E-state index in [1.165, 1.54) is 19.3 Å². The van der Waals surface area contributed by atoms with Gasteiger partial charge in [-0.3, -0.25) is 0 Å². The Bertz CT molecular complexity index is 549. The highest BCUT2D eigenvalue weighted by atomic mass is 32.1. The number of rotatable bonds is 2. The Balaban J connectivity index is 1.63. The van der Waals surface area contributed by atoms with Crippen molar-refractivity contribution in [2.75, 3.05) is 5.32 Å². The van der Waals surface area contributed by atoms with Crippen LogP contribution >= 0.6 is 12.2 Å². The van der Waals surface area contributed by atoms with Gasteiger partial charge in [0.2, 0.25) is 0 Å². The Kier molecular flexibility index (Phi) is 3.58. The molecule has 3 atom stereocenters. The molecular formula is C14H15F3N2S. The zero-order chi connectivity index (χ0) is 14.3. The van der Waals surface area contributed by atoms with Crippen LogP contribution in [0, 0.1) is 29.3 Å². The van der Waals surface area contributed by atoms with Gasteiger partial charge in [-0.25, -0.2) is 13.2 Å². The van der Waals surface area contributed by atoms with E-state index in [0.717, 1.165) is 24.5 Å². The van der Waals surface area contributed by atoms with Crippen molar-refractivity contribution in [2.45, 2.75) is 31.7 Å². The van der Waals surface area contributed by atoms with Crippen LogP contribution in [0.2, 0.25) is 0 Å². The van der Waals surface area contributed by atoms with Crippen LogP contribution < -0.4 is 10.6 Å². The highest BCUT2D eigenvalue weighted by Crippen LogP contribution is 2.44. The minimum Gasteiger partial charge on any atom is -0.359 e. The second kappa shape index (κ2) is 5.24. The summed E-state index contributed by atoms with van der Waals surface area (Å²) < 4.78 is 39.5. The van der Waals surface area contributed by atoms with Gasteiger partial charge in [-0.05, 0) is 55.4 Å². The molecule has 0 aliphatic heterocycles. The maximum absolute atomic E-state index is 13.5. The molecule has 2 aliphatic rings. The highest BCUT2D eigenvalue weighted by Gasteiger charge is 2.39. The van der Waals surface area contributed by atoms with E-state index in [1.807, 2.05) is 0 Å². The maximum Gasteiger partial charge on any atom is 0.196 e. The third-order valence-electron chi connectivity index (χ3n) is 4.34. The molecule has 6 heteroatoms. The van der Waals surface area contributed by atoms with Crippen molar-refractivity contribution in [3.63, 3.8) is 0 Å². The molecule has 2 fully saturated rings. The lowest BCUT2D eigenvalue weighted by atomic mass is 9.96. The molecule has 0 radical (unpaired) electrons. The lowest BCUT2D eigenvalue weighted by Gasteiger charge is -2.24. The lowest BCUT2D eigenvalue weighted by molar-refractivity contribution is 0.391. The number of nitrogens with one attached hydrogen (secondary N) is 2. The fraction of sp³-hybridized carbons (Fsp3) is 0.500. The molecule has 3 rings (SSSR count). The number of benzene rings is 1. The smallest absolute Gasteiger partial charge is 0.196 e. The minimum atomic E-state index is -1.49. The fourth-order valence-corrected chi connectivity index (χ4v) is 3.63. The predicted octanol–water partition coefficient (Wildman–Crippen LogP) is 3.58. The summed E-state index contributed by atoms with van der Waals surface area (Å²) >= 11 is 5.12. The van der Waals surface area contributed by atoms with E-state index in [0.29, 0.717) is 12.0 Å². The molecule has 0 heterocycles. The highest BCUT2D eigenvalue weighted by molar-refractivity contribution is 7.80. The van der Waals surface area contributed by atoms with Crippen molar-refractivity contribution in [2.24, 2.45) is 11.8 Å². The molecule has 2 bridgehead atoms. The van der Waals surface area contributed by atoms with Crippen molar-refractivity contribution in [1.82, 2.24) is 5.32 Å². The van der Waals surface area contributed by atoms with Crippen molar-refractivity contribution >= 4 is 23.0 Å². The van der Waals surface area contributed by atoms with Gasteiger partial charge in [-0.2, -0.15) is 0 Å². The summed E-state index contributed by atoms with van der Waals surface area (Å²) in [6, 6.07) is 2.32. The van der Waals surface area contributed by atoms with Crippen LogP contribution in [0.3, 0.4) is 0 Å². The second-order valence-electron chi connectivity index (χ2n) is 5.60. The lowest BCUT2D eigenvalue weighted by Crippen LogP contribution is -2.41. The zero-order valence-electron chi connectivity index (χ0n) is 10.8. The van der Waals surface area contributed by atoms with Crippen LogP contribution in [0.15, 0.2) is 12.1 Å². The fourth-order valence-electron chi connectivity index (χ4n) is 3.37. The number of halogens is 3. The first kappa shape index (κ1) is 13.7. The van der Waals surface area contributed by atoms with Gasteiger partial charge in [0.15, 0.2) is 22.6 Å². The predicted molar refractivity (Wildman–Crippen MR) is 74.9 cm³/mol. The molecule has 2 N–H and O–H groups in total. The first-order valence-electron chi connectivity index (χ1n) is 6.75. The summed E-state index contributed by atoms with van der Waals surface area (Å²) in [6.07, 6.45) is 4.78.